The largest absolute Gasteiger partial charge is 0.479 e. The van der Waals surface area contributed by atoms with E-state index in [1.54, 1.807) is 0 Å². The summed E-state index contributed by atoms with van der Waals surface area (Å²) in [6, 6.07) is 0. The number of ketones is 1. The molecule has 13 atom stereocenters. The second kappa shape index (κ2) is 10.8. The number of aliphatic hydroxyl groups is 3. The maximum atomic E-state index is 13.4. The topological polar surface area (TPSA) is 160 Å². The number of carboxylic acids is 1. The second-order valence-corrected chi connectivity index (χ2v) is 12.7. The van der Waals surface area contributed by atoms with Gasteiger partial charge < -0.3 is 34.6 Å². The van der Waals surface area contributed by atoms with E-state index in [1.807, 2.05) is 0 Å². The quantitative estimate of drug-likeness (QED) is 0.366. The zero-order valence-corrected chi connectivity index (χ0v) is 22.2. The molecule has 0 spiro atoms. The first-order valence-electron chi connectivity index (χ1n) is 14.2. The lowest BCUT2D eigenvalue weighted by Crippen LogP contribution is -2.60. The van der Waals surface area contributed by atoms with Crippen molar-refractivity contribution in [2.75, 3.05) is 6.61 Å². The number of ether oxygens (including phenoxy) is 3. The fourth-order valence-electron chi connectivity index (χ4n) is 9.14. The summed E-state index contributed by atoms with van der Waals surface area (Å²) in [5, 5.41) is 39.3. The smallest absolute Gasteiger partial charge is 0.335 e. The zero-order valence-electron chi connectivity index (χ0n) is 22.2. The van der Waals surface area contributed by atoms with Crippen molar-refractivity contribution in [2.24, 2.45) is 40.9 Å². The van der Waals surface area contributed by atoms with E-state index in [9.17, 15) is 34.8 Å². The summed E-state index contributed by atoms with van der Waals surface area (Å²) in [6.07, 6.45) is 0.709. The molecule has 4 aliphatic carbocycles. The number of carbonyl (C=O) groups is 3. The van der Waals surface area contributed by atoms with E-state index in [0.29, 0.717) is 29.6 Å². The van der Waals surface area contributed by atoms with Gasteiger partial charge in [-0.15, -0.1) is 0 Å². The molecule has 4 saturated carbocycles. The van der Waals surface area contributed by atoms with Crippen LogP contribution in [0.3, 0.4) is 0 Å². The Bertz CT molecular complexity index is 923. The van der Waals surface area contributed by atoms with Gasteiger partial charge >= 0.3 is 11.9 Å². The van der Waals surface area contributed by atoms with Crippen LogP contribution in [0.25, 0.3) is 0 Å². The van der Waals surface area contributed by atoms with Crippen LogP contribution in [0, 0.1) is 40.9 Å². The lowest BCUT2D eigenvalue weighted by Gasteiger charge is -2.56. The van der Waals surface area contributed by atoms with Crippen LogP contribution < -0.4 is 0 Å². The van der Waals surface area contributed by atoms with E-state index >= 15 is 0 Å². The van der Waals surface area contributed by atoms with E-state index < -0.39 is 36.7 Å². The van der Waals surface area contributed by atoms with Crippen LogP contribution in [-0.2, 0) is 28.6 Å². The summed E-state index contributed by atoms with van der Waals surface area (Å²) in [7, 11) is 0. The van der Waals surface area contributed by atoms with Gasteiger partial charge in [-0.1, -0.05) is 6.92 Å². The predicted octanol–water partition coefficient (Wildman–Crippen LogP) is 1.66. The van der Waals surface area contributed by atoms with Crippen molar-refractivity contribution in [1.82, 2.24) is 0 Å². The summed E-state index contributed by atoms with van der Waals surface area (Å²) in [4.78, 5) is 36.2. The van der Waals surface area contributed by atoms with E-state index in [-0.39, 0.29) is 35.8 Å². The molecule has 1 heterocycles. The van der Waals surface area contributed by atoms with E-state index in [0.717, 1.165) is 57.8 Å². The molecular formula is C28H42O10. The summed E-state index contributed by atoms with van der Waals surface area (Å²) in [5.74, 6) is 1.03. The fourth-order valence-corrected chi connectivity index (χ4v) is 9.14. The number of carboxylic acid groups (broad SMARTS) is 1. The number of Topliss-reactive ketones (excluding diaryl/α,β-unsaturated/α-hetero) is 1. The highest BCUT2D eigenvalue weighted by atomic mass is 16.7. The molecule has 10 nitrogen and oxygen atoms in total. The average Bonchev–Trinajstić information content (AvgIpc) is 3.23. The Morgan fingerprint density at radius 1 is 0.895 bits per heavy atom. The van der Waals surface area contributed by atoms with E-state index in [2.05, 4.69) is 6.92 Å². The van der Waals surface area contributed by atoms with Gasteiger partial charge in [-0.25, -0.2) is 4.79 Å². The van der Waals surface area contributed by atoms with Crippen LogP contribution in [0.2, 0.25) is 0 Å². The number of hydrogen-bond acceptors (Lipinski definition) is 9. The highest BCUT2D eigenvalue weighted by Crippen LogP contribution is 2.64. The molecule has 1 saturated heterocycles. The highest BCUT2D eigenvalue weighted by molar-refractivity contribution is 5.83. The van der Waals surface area contributed by atoms with Gasteiger partial charge in [0.25, 0.3) is 0 Å². The standard InChI is InChI=1S/C28H42O10/c1-13(29)37-15-4-6-16-14(11-15)3-5-18-17(16)9-10-28(2)19(18)7-8-20(28)21(30)12-36-27-24(33)22(31)23(32)25(38-27)26(34)35/h14-20,22-25,27,31-33H,3-12H2,1-2H3,(H,34,35)/t14-,15+,16-,17+,18+,19-,20+,22-,23-,24+,25-,27?,28-/m0/s1. The van der Waals surface area contributed by atoms with Gasteiger partial charge in [0.2, 0.25) is 0 Å². The van der Waals surface area contributed by atoms with Crippen molar-refractivity contribution in [1.29, 1.82) is 0 Å². The number of esters is 1. The minimum Gasteiger partial charge on any atom is -0.479 e. The summed E-state index contributed by atoms with van der Waals surface area (Å²) >= 11 is 0. The Balaban J connectivity index is 1.20. The molecule has 0 aromatic rings. The first-order chi connectivity index (χ1) is 18.0. The normalized spacial score (nSPS) is 48.3. The van der Waals surface area contributed by atoms with E-state index in [4.69, 9.17) is 14.2 Å². The number of aliphatic carboxylic acids is 1. The number of rotatable bonds is 6. The number of aliphatic hydroxyl groups excluding tert-OH is 3. The number of carbonyl (C=O) groups excluding carboxylic acids is 2. The Morgan fingerprint density at radius 3 is 2.34 bits per heavy atom. The molecule has 214 valence electrons. The molecule has 0 amide bonds. The third-order valence-electron chi connectivity index (χ3n) is 10.8. The number of hydrogen-bond donors (Lipinski definition) is 4. The highest BCUT2D eigenvalue weighted by Gasteiger charge is 2.58. The summed E-state index contributed by atoms with van der Waals surface area (Å²) in [5.41, 5.74) is -0.130. The lowest BCUT2D eigenvalue weighted by molar-refractivity contribution is -0.292. The Hall–Kier alpha value is -1.59. The maximum Gasteiger partial charge on any atom is 0.335 e. The Kier molecular flexibility index (Phi) is 7.92. The number of fused-ring (bicyclic) bond motifs is 5. The van der Waals surface area contributed by atoms with E-state index in [1.165, 1.54) is 6.92 Å². The summed E-state index contributed by atoms with van der Waals surface area (Å²) in [6.45, 7) is 3.37. The molecule has 1 aliphatic heterocycles. The Labute approximate surface area is 223 Å². The van der Waals surface area contributed by atoms with Crippen LogP contribution in [0.4, 0.5) is 0 Å². The predicted molar refractivity (Wildman–Crippen MR) is 131 cm³/mol. The molecule has 38 heavy (non-hydrogen) atoms. The van der Waals surface area contributed by atoms with Gasteiger partial charge in [0.05, 0.1) is 0 Å². The maximum absolute atomic E-state index is 13.4. The molecule has 0 aromatic heterocycles. The van der Waals surface area contributed by atoms with Crippen LogP contribution in [0.5, 0.6) is 0 Å². The second-order valence-electron chi connectivity index (χ2n) is 12.7. The fraction of sp³-hybridized carbons (Fsp3) is 0.893. The molecule has 5 rings (SSSR count). The monoisotopic (exact) mass is 538 g/mol. The lowest BCUT2D eigenvalue weighted by atomic mass is 9.49. The summed E-state index contributed by atoms with van der Waals surface area (Å²) < 4.78 is 16.2. The first-order valence-corrected chi connectivity index (χ1v) is 14.2. The van der Waals surface area contributed by atoms with Crippen LogP contribution in [-0.4, -0.2) is 81.6 Å². The van der Waals surface area contributed by atoms with Crippen molar-refractivity contribution in [2.45, 2.75) is 108 Å². The molecule has 5 aliphatic rings. The third kappa shape index (κ3) is 4.91. The molecule has 0 bridgehead atoms. The molecule has 10 heteroatoms. The molecular weight excluding hydrogens is 496 g/mol. The molecule has 0 aromatic carbocycles. The molecule has 1 unspecified atom stereocenters. The molecule has 0 radical (unpaired) electrons. The van der Waals surface area contributed by atoms with Gasteiger partial charge in [0.15, 0.2) is 18.2 Å². The van der Waals surface area contributed by atoms with Crippen LogP contribution in [0.15, 0.2) is 0 Å². The first kappa shape index (κ1) is 28.0. The minimum absolute atomic E-state index is 0.0504. The van der Waals surface area contributed by atoms with Crippen LogP contribution >= 0.6 is 0 Å². The molecule has 4 N–H and O–H groups in total. The average molecular weight is 539 g/mol. The minimum atomic E-state index is -1.80. The van der Waals surface area contributed by atoms with Gasteiger partial charge in [0.1, 0.15) is 31.0 Å². The zero-order chi connectivity index (χ0) is 27.4. The van der Waals surface area contributed by atoms with Gasteiger partial charge in [-0.3, -0.25) is 9.59 Å². The SMILES string of the molecule is CC(=O)O[C@@H]1CC[C@H]2[C@@H](CC[C@@H]3[C@@H]2CC[C@]2(C)[C@@H](C(=O)COC4O[C@H](C(=O)O)[C@@H](O)[C@H](O)[C@H]4O)CC[C@@H]32)C1. The van der Waals surface area contributed by atoms with Gasteiger partial charge in [0, 0.05) is 12.8 Å². The molecule has 5 fully saturated rings. The van der Waals surface area contributed by atoms with Gasteiger partial charge in [-0.2, -0.15) is 0 Å². The van der Waals surface area contributed by atoms with Crippen molar-refractivity contribution >= 4 is 17.7 Å². The van der Waals surface area contributed by atoms with Crippen molar-refractivity contribution < 1.29 is 49.0 Å². The Morgan fingerprint density at radius 2 is 1.63 bits per heavy atom. The van der Waals surface area contributed by atoms with Crippen molar-refractivity contribution in [3.8, 4) is 0 Å². The van der Waals surface area contributed by atoms with Gasteiger partial charge in [-0.05, 0) is 92.8 Å². The third-order valence-corrected chi connectivity index (χ3v) is 10.8. The van der Waals surface area contributed by atoms with Crippen molar-refractivity contribution in [3.05, 3.63) is 0 Å². The van der Waals surface area contributed by atoms with Crippen LogP contribution in [0.1, 0.15) is 71.6 Å². The van der Waals surface area contributed by atoms with Crippen molar-refractivity contribution in [3.63, 3.8) is 0 Å².